The van der Waals surface area contributed by atoms with Gasteiger partial charge in [-0.05, 0) is 41.3 Å². The number of pyridine rings is 1. The maximum absolute atomic E-state index is 12.5. The zero-order valence-corrected chi connectivity index (χ0v) is 13.4. The van der Waals surface area contributed by atoms with Gasteiger partial charge in [-0.1, -0.05) is 48.5 Å². The van der Waals surface area contributed by atoms with Crippen LogP contribution in [0.15, 0.2) is 66.9 Å². The second-order valence-electron chi connectivity index (χ2n) is 5.65. The molecular weight excluding hydrogens is 298 g/mol. The van der Waals surface area contributed by atoms with E-state index >= 15 is 0 Å². The van der Waals surface area contributed by atoms with E-state index in [1.165, 1.54) is 6.20 Å². The first kappa shape index (κ1) is 15.8. The summed E-state index contributed by atoms with van der Waals surface area (Å²) in [6.07, 6.45) is 2.43. The van der Waals surface area contributed by atoms with E-state index in [-0.39, 0.29) is 5.78 Å². The lowest BCUT2D eigenvalue weighted by Gasteiger charge is -2.11. The quantitative estimate of drug-likeness (QED) is 0.521. The molecule has 0 atom stereocenters. The summed E-state index contributed by atoms with van der Waals surface area (Å²) in [5.41, 5.74) is 5.20. The third-order valence-corrected chi connectivity index (χ3v) is 4.09. The van der Waals surface area contributed by atoms with Crippen molar-refractivity contribution in [2.75, 3.05) is 0 Å². The van der Waals surface area contributed by atoms with E-state index < -0.39 is 0 Å². The Kier molecular flexibility index (Phi) is 4.62. The summed E-state index contributed by atoms with van der Waals surface area (Å²) in [6, 6.07) is 19.3. The Morgan fingerprint density at radius 1 is 1.00 bits per heavy atom. The zero-order valence-electron chi connectivity index (χ0n) is 13.4. The number of benzene rings is 2. The van der Waals surface area contributed by atoms with Crippen LogP contribution in [0.3, 0.4) is 0 Å². The molecule has 3 heteroatoms. The van der Waals surface area contributed by atoms with Crippen molar-refractivity contribution in [3.63, 3.8) is 0 Å². The van der Waals surface area contributed by atoms with E-state index in [1.807, 2.05) is 37.3 Å². The number of Topliss-reactive ketones (excluding diaryl/α,β-unsaturated/α-hetero) is 1. The van der Waals surface area contributed by atoms with Crippen LogP contribution >= 0.6 is 0 Å². The van der Waals surface area contributed by atoms with E-state index in [2.05, 4.69) is 23.2 Å². The van der Waals surface area contributed by atoms with E-state index in [0.717, 1.165) is 28.5 Å². The SMILES string of the molecule is Cc1c(CC(=O)c2ccc(C=O)cn2)cccc1-c1ccccc1. The van der Waals surface area contributed by atoms with Crippen molar-refractivity contribution in [2.45, 2.75) is 13.3 Å². The van der Waals surface area contributed by atoms with Crippen molar-refractivity contribution in [3.8, 4) is 11.1 Å². The standard InChI is InChI=1S/C21H17NO2/c1-15-18(8-5-9-19(15)17-6-3-2-4-7-17)12-21(24)20-11-10-16(14-23)13-22-20/h2-11,13-14H,12H2,1H3. The third-order valence-electron chi connectivity index (χ3n) is 4.09. The fourth-order valence-electron chi connectivity index (χ4n) is 2.71. The van der Waals surface area contributed by atoms with Gasteiger partial charge in [-0.3, -0.25) is 14.6 Å². The number of hydrogen-bond donors (Lipinski definition) is 0. The van der Waals surface area contributed by atoms with Crippen LogP contribution in [0.2, 0.25) is 0 Å². The van der Waals surface area contributed by atoms with Crippen LogP contribution in [0, 0.1) is 6.92 Å². The summed E-state index contributed by atoms with van der Waals surface area (Å²) >= 11 is 0. The van der Waals surface area contributed by atoms with Crippen LogP contribution < -0.4 is 0 Å². The number of aldehydes is 1. The zero-order chi connectivity index (χ0) is 16.9. The highest BCUT2D eigenvalue weighted by Gasteiger charge is 2.12. The maximum Gasteiger partial charge on any atom is 0.185 e. The predicted molar refractivity (Wildman–Crippen MR) is 94.3 cm³/mol. The minimum absolute atomic E-state index is 0.0549. The van der Waals surface area contributed by atoms with Gasteiger partial charge >= 0.3 is 0 Å². The number of aromatic nitrogens is 1. The third kappa shape index (κ3) is 3.30. The lowest BCUT2D eigenvalue weighted by atomic mass is 9.93. The second-order valence-corrected chi connectivity index (χ2v) is 5.65. The first-order valence-corrected chi connectivity index (χ1v) is 7.77. The molecule has 0 radical (unpaired) electrons. The summed E-state index contributed by atoms with van der Waals surface area (Å²) in [5, 5.41) is 0. The van der Waals surface area contributed by atoms with Gasteiger partial charge in [-0.15, -0.1) is 0 Å². The summed E-state index contributed by atoms with van der Waals surface area (Å²) in [7, 11) is 0. The monoisotopic (exact) mass is 315 g/mol. The van der Waals surface area contributed by atoms with Gasteiger partial charge in [0.15, 0.2) is 12.1 Å². The molecule has 0 saturated heterocycles. The number of hydrogen-bond acceptors (Lipinski definition) is 3. The van der Waals surface area contributed by atoms with Crippen LogP contribution in [-0.2, 0) is 6.42 Å². The van der Waals surface area contributed by atoms with Crippen LogP contribution in [-0.4, -0.2) is 17.1 Å². The molecular formula is C21H17NO2. The first-order valence-electron chi connectivity index (χ1n) is 7.77. The van der Waals surface area contributed by atoms with E-state index in [0.29, 0.717) is 17.7 Å². The van der Waals surface area contributed by atoms with Crippen LogP contribution in [0.5, 0.6) is 0 Å². The molecule has 3 rings (SSSR count). The molecule has 0 aliphatic carbocycles. The fourth-order valence-corrected chi connectivity index (χ4v) is 2.71. The molecule has 3 nitrogen and oxygen atoms in total. The number of carbonyl (C=O) groups excluding carboxylic acids is 2. The van der Waals surface area contributed by atoms with Crippen LogP contribution in [0.1, 0.15) is 32.0 Å². The number of carbonyl (C=O) groups is 2. The average molecular weight is 315 g/mol. The Morgan fingerprint density at radius 2 is 1.79 bits per heavy atom. The molecule has 0 aliphatic rings. The van der Waals surface area contributed by atoms with Crippen molar-refractivity contribution in [2.24, 2.45) is 0 Å². The summed E-state index contributed by atoms with van der Waals surface area (Å²) in [6.45, 7) is 2.04. The van der Waals surface area contributed by atoms with Gasteiger partial charge in [0, 0.05) is 18.2 Å². The number of rotatable bonds is 5. The van der Waals surface area contributed by atoms with Gasteiger partial charge in [0.05, 0.1) is 0 Å². The smallest absolute Gasteiger partial charge is 0.185 e. The van der Waals surface area contributed by atoms with Crippen molar-refractivity contribution < 1.29 is 9.59 Å². The van der Waals surface area contributed by atoms with Crippen molar-refractivity contribution in [3.05, 3.63) is 89.2 Å². The van der Waals surface area contributed by atoms with Gasteiger partial charge in [-0.2, -0.15) is 0 Å². The molecule has 2 aromatic carbocycles. The Labute approximate surface area is 141 Å². The highest BCUT2D eigenvalue weighted by molar-refractivity contribution is 5.96. The molecule has 0 N–H and O–H groups in total. The van der Waals surface area contributed by atoms with E-state index in [9.17, 15) is 9.59 Å². The topological polar surface area (TPSA) is 47.0 Å². The first-order chi connectivity index (χ1) is 11.7. The number of ketones is 1. The van der Waals surface area contributed by atoms with Gasteiger partial charge in [0.1, 0.15) is 5.69 Å². The van der Waals surface area contributed by atoms with Gasteiger partial charge in [0.25, 0.3) is 0 Å². The molecule has 24 heavy (non-hydrogen) atoms. The Morgan fingerprint density at radius 3 is 2.46 bits per heavy atom. The minimum Gasteiger partial charge on any atom is -0.298 e. The average Bonchev–Trinajstić information content (AvgIpc) is 2.64. The van der Waals surface area contributed by atoms with Crippen molar-refractivity contribution in [1.29, 1.82) is 0 Å². The van der Waals surface area contributed by atoms with Gasteiger partial charge in [0.2, 0.25) is 0 Å². The van der Waals surface area contributed by atoms with E-state index in [4.69, 9.17) is 0 Å². The predicted octanol–water partition coefficient (Wildman–Crippen LogP) is 4.29. The maximum atomic E-state index is 12.5. The molecule has 1 aromatic heterocycles. The summed E-state index contributed by atoms with van der Waals surface area (Å²) in [4.78, 5) is 27.2. The lowest BCUT2D eigenvalue weighted by Crippen LogP contribution is -2.07. The molecule has 0 fully saturated rings. The highest BCUT2D eigenvalue weighted by atomic mass is 16.1. The second kappa shape index (κ2) is 7.01. The molecule has 1 heterocycles. The van der Waals surface area contributed by atoms with Crippen molar-refractivity contribution in [1.82, 2.24) is 4.98 Å². The highest BCUT2D eigenvalue weighted by Crippen LogP contribution is 2.26. The largest absolute Gasteiger partial charge is 0.298 e. The summed E-state index contributed by atoms with van der Waals surface area (Å²) < 4.78 is 0. The molecule has 0 spiro atoms. The molecule has 0 bridgehead atoms. The molecule has 0 unspecified atom stereocenters. The van der Waals surface area contributed by atoms with Gasteiger partial charge in [-0.25, -0.2) is 0 Å². The molecule has 118 valence electrons. The molecule has 0 saturated carbocycles. The molecule has 3 aromatic rings. The lowest BCUT2D eigenvalue weighted by molar-refractivity contribution is 0.0987. The Hall–Kier alpha value is -3.07. The summed E-state index contributed by atoms with van der Waals surface area (Å²) in [5.74, 6) is -0.0549. The van der Waals surface area contributed by atoms with Crippen molar-refractivity contribution >= 4 is 12.1 Å². The Bertz CT molecular complexity index is 868. The molecule has 0 amide bonds. The van der Waals surface area contributed by atoms with Gasteiger partial charge < -0.3 is 0 Å². The molecule has 0 aliphatic heterocycles. The van der Waals surface area contributed by atoms with Crippen LogP contribution in [0.4, 0.5) is 0 Å². The number of nitrogens with zero attached hydrogens (tertiary/aromatic N) is 1. The Balaban J connectivity index is 1.87. The fraction of sp³-hybridized carbons (Fsp3) is 0.0952. The van der Waals surface area contributed by atoms with Crippen LogP contribution in [0.25, 0.3) is 11.1 Å². The normalized spacial score (nSPS) is 10.4. The minimum atomic E-state index is -0.0549. The van der Waals surface area contributed by atoms with E-state index in [1.54, 1.807) is 12.1 Å².